The summed E-state index contributed by atoms with van der Waals surface area (Å²) in [7, 11) is 1.77. The number of aliphatic hydroxyl groups is 4. The molecule has 3 aromatic rings. The average molecular weight is 515 g/mol. The van der Waals surface area contributed by atoms with E-state index in [2.05, 4.69) is 28.4 Å². The Morgan fingerprint density at radius 3 is 2.70 bits per heavy atom. The first kappa shape index (κ1) is 26.1. The first-order valence-corrected chi connectivity index (χ1v) is 12.6. The maximum absolute atomic E-state index is 10.4. The number of aromatic nitrogens is 2. The molecule has 5 rings (SSSR count). The van der Waals surface area contributed by atoms with E-state index < -0.39 is 37.3 Å². The summed E-state index contributed by atoms with van der Waals surface area (Å²) in [5, 5.41) is 48.3. The zero-order chi connectivity index (χ0) is 26.1. The third-order valence-electron chi connectivity index (χ3n) is 7.38. The van der Waals surface area contributed by atoms with Gasteiger partial charge in [0.15, 0.2) is 18.1 Å². The number of aryl methyl sites for hydroxylation is 4. The predicted octanol–water partition coefficient (Wildman–Crippen LogP) is 1.27. The van der Waals surface area contributed by atoms with Crippen LogP contribution in [0.4, 0.5) is 0 Å². The van der Waals surface area contributed by atoms with Crippen LogP contribution in [0.2, 0.25) is 0 Å². The van der Waals surface area contributed by atoms with Crippen molar-refractivity contribution >= 4 is 10.9 Å². The van der Waals surface area contributed by atoms with Gasteiger partial charge in [-0.1, -0.05) is 18.2 Å². The Kier molecular flexibility index (Phi) is 7.77. The highest BCUT2D eigenvalue weighted by Gasteiger charge is 2.45. The number of hydrogen-bond acceptors (Lipinski definition) is 9. The molecule has 1 aliphatic carbocycles. The van der Waals surface area contributed by atoms with Gasteiger partial charge in [0.05, 0.1) is 29.3 Å². The first-order chi connectivity index (χ1) is 17.9. The Labute approximate surface area is 214 Å². The van der Waals surface area contributed by atoms with Crippen LogP contribution < -0.4 is 4.89 Å². The fourth-order valence-electron chi connectivity index (χ4n) is 5.25. The molecule has 0 amide bonds. The van der Waals surface area contributed by atoms with Crippen LogP contribution in [-0.2, 0) is 40.0 Å². The smallest absolute Gasteiger partial charge is 0.188 e. The van der Waals surface area contributed by atoms with Crippen molar-refractivity contribution in [3.8, 4) is 5.75 Å². The van der Waals surface area contributed by atoms with Crippen LogP contribution >= 0.6 is 0 Å². The van der Waals surface area contributed by atoms with Crippen LogP contribution in [0.1, 0.15) is 34.4 Å². The summed E-state index contributed by atoms with van der Waals surface area (Å²) >= 11 is 0. The highest BCUT2D eigenvalue weighted by molar-refractivity contribution is 5.88. The molecule has 1 aromatic heterocycles. The number of ether oxygens (including phenoxy) is 2. The molecule has 1 fully saturated rings. The van der Waals surface area contributed by atoms with Crippen LogP contribution in [0.5, 0.6) is 5.75 Å². The summed E-state index contributed by atoms with van der Waals surface area (Å²) in [5.41, 5.74) is 6.42. The standard InChI is InChI=1S/C27H34N2O8/c1-14-9-20-23(21(10-14)36-37-26-25(32)24(31)22(13-30)35-27(26)33)19(28-29-20)8-4-15-3-5-17-12-18(34-2)7-6-16(17)11-15/h3,5,9-11,18,22,24-27,30-33H,4,6-8,12-13H2,1-2H3,(H,28,29)/t18?,22-,24-,25+,26-,27-/m1/s1. The van der Waals surface area contributed by atoms with Gasteiger partial charge in [-0.3, -0.25) is 5.10 Å². The lowest BCUT2D eigenvalue weighted by Gasteiger charge is -2.38. The van der Waals surface area contributed by atoms with Crippen molar-refractivity contribution in [2.45, 2.75) is 75.8 Å². The van der Waals surface area contributed by atoms with E-state index in [0.717, 1.165) is 47.8 Å². The molecular formula is C27H34N2O8. The maximum Gasteiger partial charge on any atom is 0.188 e. The number of aromatic amines is 1. The van der Waals surface area contributed by atoms with E-state index in [-0.39, 0.29) is 0 Å². The van der Waals surface area contributed by atoms with Gasteiger partial charge >= 0.3 is 0 Å². The van der Waals surface area contributed by atoms with Gasteiger partial charge in [-0.2, -0.15) is 9.99 Å². The van der Waals surface area contributed by atoms with Crippen molar-refractivity contribution in [3.63, 3.8) is 0 Å². The lowest BCUT2D eigenvalue weighted by Crippen LogP contribution is -2.59. The number of hydrogen-bond donors (Lipinski definition) is 5. The van der Waals surface area contributed by atoms with E-state index >= 15 is 0 Å². The topological polar surface area (TPSA) is 147 Å². The Balaban J connectivity index is 1.31. The highest BCUT2D eigenvalue weighted by atomic mass is 17.2. The van der Waals surface area contributed by atoms with E-state index in [9.17, 15) is 20.4 Å². The quantitative estimate of drug-likeness (QED) is 0.221. The molecule has 0 saturated carbocycles. The summed E-state index contributed by atoms with van der Waals surface area (Å²) in [4.78, 5) is 11.0. The fourth-order valence-corrected chi connectivity index (χ4v) is 5.25. The molecule has 5 N–H and O–H groups in total. The molecule has 10 heteroatoms. The Hall–Kier alpha value is -2.57. The van der Waals surface area contributed by atoms with Crippen LogP contribution in [0, 0.1) is 6.92 Å². The van der Waals surface area contributed by atoms with E-state index in [1.165, 1.54) is 16.7 Å². The zero-order valence-corrected chi connectivity index (χ0v) is 21.0. The SMILES string of the molecule is COC1CCc2cc(CCc3n[nH]c4cc(C)cc(OO[C@@H]5[C@@H](O)[C@H](O)[C@@H](CO)O[C@H]5O)c34)ccc2C1. The third kappa shape index (κ3) is 5.37. The van der Waals surface area contributed by atoms with Gasteiger partial charge in [0.25, 0.3) is 0 Å². The van der Waals surface area contributed by atoms with Gasteiger partial charge in [-0.15, -0.1) is 0 Å². The van der Waals surface area contributed by atoms with Crippen molar-refractivity contribution in [1.29, 1.82) is 0 Å². The van der Waals surface area contributed by atoms with E-state index in [1.807, 2.05) is 13.0 Å². The summed E-state index contributed by atoms with van der Waals surface area (Å²) in [6.07, 6.45) is -2.33. The molecule has 10 nitrogen and oxygen atoms in total. The minimum Gasteiger partial charge on any atom is -0.394 e. The second-order valence-corrected chi connectivity index (χ2v) is 9.93. The minimum atomic E-state index is -1.59. The van der Waals surface area contributed by atoms with E-state index in [4.69, 9.17) is 19.2 Å². The Morgan fingerprint density at radius 2 is 1.92 bits per heavy atom. The van der Waals surface area contributed by atoms with Crippen LogP contribution in [0.3, 0.4) is 0 Å². The lowest BCUT2D eigenvalue weighted by molar-refractivity contribution is -0.364. The van der Waals surface area contributed by atoms with Crippen molar-refractivity contribution in [2.75, 3.05) is 13.7 Å². The van der Waals surface area contributed by atoms with Crippen LogP contribution in [-0.4, -0.2) is 81.2 Å². The van der Waals surface area contributed by atoms with Crippen molar-refractivity contribution in [2.24, 2.45) is 0 Å². The highest BCUT2D eigenvalue weighted by Crippen LogP contribution is 2.32. The van der Waals surface area contributed by atoms with Crippen molar-refractivity contribution < 1.29 is 39.7 Å². The molecule has 37 heavy (non-hydrogen) atoms. The lowest BCUT2D eigenvalue weighted by atomic mass is 9.88. The number of H-pyrrole nitrogens is 1. The second kappa shape index (κ2) is 11.0. The van der Waals surface area contributed by atoms with E-state index in [0.29, 0.717) is 18.3 Å². The fraction of sp³-hybridized carbons (Fsp3) is 0.519. The van der Waals surface area contributed by atoms with Gasteiger partial charge in [-0.25, -0.2) is 0 Å². The summed E-state index contributed by atoms with van der Waals surface area (Å²) < 4.78 is 10.7. The minimum absolute atomic E-state index is 0.291. The first-order valence-electron chi connectivity index (χ1n) is 12.6. The number of rotatable bonds is 8. The van der Waals surface area contributed by atoms with Gasteiger partial charge in [0.1, 0.15) is 18.3 Å². The summed E-state index contributed by atoms with van der Waals surface area (Å²) in [6.45, 7) is 1.34. The number of aliphatic hydroxyl groups excluding tert-OH is 4. The molecule has 200 valence electrons. The monoisotopic (exact) mass is 514 g/mol. The molecule has 2 heterocycles. The van der Waals surface area contributed by atoms with Crippen molar-refractivity contribution in [3.05, 3.63) is 58.3 Å². The number of benzene rings is 2. The van der Waals surface area contributed by atoms with Crippen LogP contribution in [0.25, 0.3) is 10.9 Å². The van der Waals surface area contributed by atoms with Crippen LogP contribution in [0.15, 0.2) is 30.3 Å². The van der Waals surface area contributed by atoms with Gasteiger partial charge < -0.3 is 34.8 Å². The van der Waals surface area contributed by atoms with Crippen molar-refractivity contribution in [1.82, 2.24) is 10.2 Å². The number of nitrogens with zero attached hydrogens (tertiary/aromatic N) is 1. The predicted molar refractivity (Wildman–Crippen MR) is 133 cm³/mol. The Bertz CT molecular complexity index is 1230. The summed E-state index contributed by atoms with van der Waals surface area (Å²) in [6, 6.07) is 10.4. The molecule has 2 aliphatic rings. The molecular weight excluding hydrogens is 480 g/mol. The maximum atomic E-state index is 10.4. The zero-order valence-electron chi connectivity index (χ0n) is 21.0. The number of nitrogens with one attached hydrogen (secondary N) is 1. The normalized spacial score (nSPS) is 27.8. The molecule has 2 aromatic carbocycles. The van der Waals surface area contributed by atoms with Gasteiger partial charge in [0, 0.05) is 7.11 Å². The Morgan fingerprint density at radius 1 is 1.08 bits per heavy atom. The molecule has 1 unspecified atom stereocenters. The molecule has 0 bridgehead atoms. The molecule has 6 atom stereocenters. The molecule has 1 aliphatic heterocycles. The average Bonchev–Trinajstić information content (AvgIpc) is 3.31. The van der Waals surface area contributed by atoms with Gasteiger partial charge in [-0.05, 0) is 73.4 Å². The number of fused-ring (bicyclic) bond motifs is 2. The second-order valence-electron chi connectivity index (χ2n) is 9.93. The summed E-state index contributed by atoms with van der Waals surface area (Å²) in [5.74, 6) is 0.368. The van der Waals surface area contributed by atoms with Gasteiger partial charge in [0.2, 0.25) is 0 Å². The molecule has 0 radical (unpaired) electrons. The molecule has 1 saturated heterocycles. The molecule has 0 spiro atoms. The third-order valence-corrected chi connectivity index (χ3v) is 7.38. The number of methoxy groups -OCH3 is 1. The van der Waals surface area contributed by atoms with E-state index in [1.54, 1.807) is 13.2 Å². The largest absolute Gasteiger partial charge is 0.394 e.